The second-order valence-corrected chi connectivity index (χ2v) is 6.09. The van der Waals surface area contributed by atoms with Crippen LogP contribution in [-0.4, -0.2) is 17.7 Å². The fourth-order valence-electron chi connectivity index (χ4n) is 1.93. The lowest BCUT2D eigenvalue weighted by molar-refractivity contribution is 0.346. The van der Waals surface area contributed by atoms with E-state index >= 15 is 0 Å². The highest BCUT2D eigenvalue weighted by Gasteiger charge is 2.17. The van der Waals surface area contributed by atoms with E-state index in [1.54, 1.807) is 0 Å². The third-order valence-electron chi connectivity index (χ3n) is 3.62. The molecule has 94 valence electrons. The van der Waals surface area contributed by atoms with Crippen LogP contribution in [-0.2, 0) is 0 Å². The highest BCUT2D eigenvalue weighted by atomic mass is 32.1. The van der Waals surface area contributed by atoms with Crippen molar-refractivity contribution in [3.05, 3.63) is 0 Å². The van der Waals surface area contributed by atoms with Gasteiger partial charge in [0.25, 0.3) is 0 Å². The zero-order chi connectivity index (χ0) is 12.0. The lowest BCUT2D eigenvalue weighted by atomic mass is 9.90. The first-order chi connectivity index (χ1) is 7.53. The maximum absolute atomic E-state index is 5.33. The molecule has 0 bridgehead atoms. The van der Waals surface area contributed by atoms with E-state index < -0.39 is 0 Å². The molecule has 0 aromatic heterocycles. The molecule has 0 radical (unpaired) electrons. The molecular weight excluding hydrogens is 216 g/mol. The average molecular weight is 242 g/mol. The van der Waals surface area contributed by atoms with E-state index in [9.17, 15) is 0 Å². The largest absolute Gasteiger partial charge is 0.362 e. The van der Waals surface area contributed by atoms with Crippen LogP contribution in [0.5, 0.6) is 0 Å². The van der Waals surface area contributed by atoms with Crippen molar-refractivity contribution in [3.8, 4) is 0 Å². The van der Waals surface area contributed by atoms with Crippen LogP contribution < -0.4 is 10.6 Å². The molecule has 0 unspecified atom stereocenters. The molecule has 0 aliphatic heterocycles. The Morgan fingerprint density at radius 3 is 2.44 bits per heavy atom. The Hall–Kier alpha value is -0.310. The molecule has 0 saturated heterocycles. The molecule has 0 heterocycles. The van der Waals surface area contributed by atoms with Crippen molar-refractivity contribution >= 4 is 17.3 Å². The first-order valence-electron chi connectivity index (χ1n) is 6.58. The minimum atomic E-state index is 0.332. The van der Waals surface area contributed by atoms with Crippen LogP contribution in [0.25, 0.3) is 0 Å². The summed E-state index contributed by atoms with van der Waals surface area (Å²) in [4.78, 5) is 0. The number of thiocarbonyl (C=S) groups is 1. The monoisotopic (exact) mass is 242 g/mol. The second-order valence-electron chi connectivity index (χ2n) is 5.68. The van der Waals surface area contributed by atoms with Crippen LogP contribution in [0.1, 0.15) is 59.3 Å². The molecule has 0 atom stereocenters. The van der Waals surface area contributed by atoms with Crippen molar-refractivity contribution in [2.45, 2.75) is 65.3 Å². The van der Waals surface area contributed by atoms with Crippen molar-refractivity contribution in [1.82, 2.24) is 10.6 Å². The number of hydrogen-bond donors (Lipinski definition) is 2. The van der Waals surface area contributed by atoms with Gasteiger partial charge in [0.15, 0.2) is 5.11 Å². The van der Waals surface area contributed by atoms with E-state index in [1.165, 1.54) is 38.5 Å². The van der Waals surface area contributed by atoms with Gasteiger partial charge >= 0.3 is 0 Å². The van der Waals surface area contributed by atoms with Crippen LogP contribution in [0.3, 0.4) is 0 Å². The Bertz CT molecular complexity index is 220. The quantitative estimate of drug-likeness (QED) is 0.740. The smallest absolute Gasteiger partial charge is 0.166 e. The third-order valence-corrected chi connectivity index (χ3v) is 3.89. The SMILES string of the molecule is CCC(C)(C)CNC(=S)NC1CCCCC1. The highest BCUT2D eigenvalue weighted by molar-refractivity contribution is 7.80. The molecule has 1 aliphatic carbocycles. The van der Waals surface area contributed by atoms with Crippen LogP contribution in [0, 0.1) is 5.41 Å². The predicted molar refractivity (Wildman–Crippen MR) is 74.7 cm³/mol. The Labute approximate surface area is 106 Å². The molecule has 1 rings (SSSR count). The van der Waals surface area contributed by atoms with E-state index in [0.717, 1.165) is 11.7 Å². The molecule has 0 aromatic rings. The molecule has 16 heavy (non-hydrogen) atoms. The minimum Gasteiger partial charge on any atom is -0.362 e. The first kappa shape index (κ1) is 13.8. The van der Waals surface area contributed by atoms with Crippen LogP contribution in [0.15, 0.2) is 0 Å². The van der Waals surface area contributed by atoms with Gasteiger partial charge in [0.05, 0.1) is 0 Å². The van der Waals surface area contributed by atoms with Gasteiger partial charge in [-0.1, -0.05) is 40.0 Å². The van der Waals surface area contributed by atoms with Gasteiger partial charge in [-0.3, -0.25) is 0 Å². The van der Waals surface area contributed by atoms with Crippen LogP contribution in [0.2, 0.25) is 0 Å². The maximum atomic E-state index is 5.33. The normalized spacial score (nSPS) is 18.2. The molecule has 0 aromatic carbocycles. The molecule has 2 nitrogen and oxygen atoms in total. The summed E-state index contributed by atoms with van der Waals surface area (Å²) in [6.07, 6.45) is 7.81. The van der Waals surface area contributed by atoms with Gasteiger partial charge in [0, 0.05) is 12.6 Å². The van der Waals surface area contributed by atoms with Gasteiger partial charge in [-0.05, 0) is 36.9 Å². The van der Waals surface area contributed by atoms with Gasteiger partial charge in [-0.2, -0.15) is 0 Å². The Morgan fingerprint density at radius 2 is 1.88 bits per heavy atom. The van der Waals surface area contributed by atoms with Crippen LogP contribution in [0.4, 0.5) is 0 Å². The average Bonchev–Trinajstić information content (AvgIpc) is 2.28. The molecule has 2 N–H and O–H groups in total. The third kappa shape index (κ3) is 5.15. The molecule has 1 saturated carbocycles. The van der Waals surface area contributed by atoms with E-state index in [0.29, 0.717) is 11.5 Å². The van der Waals surface area contributed by atoms with E-state index in [2.05, 4.69) is 31.4 Å². The standard InChI is InChI=1S/C13H26N2S/c1-4-13(2,3)10-14-12(16)15-11-8-6-5-7-9-11/h11H,4-10H2,1-3H3,(H2,14,15,16). The lowest BCUT2D eigenvalue weighted by Gasteiger charge is -2.27. The first-order valence-corrected chi connectivity index (χ1v) is 6.99. The summed E-state index contributed by atoms with van der Waals surface area (Å²) in [5, 5.41) is 7.62. The summed E-state index contributed by atoms with van der Waals surface area (Å²) in [6, 6.07) is 0.610. The number of nitrogens with one attached hydrogen (secondary N) is 2. The summed E-state index contributed by atoms with van der Waals surface area (Å²) in [7, 11) is 0. The van der Waals surface area contributed by atoms with Gasteiger partial charge in [0.1, 0.15) is 0 Å². The van der Waals surface area contributed by atoms with Crippen molar-refractivity contribution in [3.63, 3.8) is 0 Å². The number of hydrogen-bond acceptors (Lipinski definition) is 1. The second kappa shape index (κ2) is 6.43. The van der Waals surface area contributed by atoms with E-state index in [1.807, 2.05) is 0 Å². The number of rotatable bonds is 4. The summed E-state index contributed by atoms with van der Waals surface area (Å²) in [6.45, 7) is 7.72. The van der Waals surface area contributed by atoms with Crippen molar-refractivity contribution < 1.29 is 0 Å². The van der Waals surface area contributed by atoms with Gasteiger partial charge in [-0.25, -0.2) is 0 Å². The fraction of sp³-hybridized carbons (Fsp3) is 0.923. The lowest BCUT2D eigenvalue weighted by Crippen LogP contribution is -2.45. The van der Waals surface area contributed by atoms with Crippen molar-refractivity contribution in [2.24, 2.45) is 5.41 Å². The van der Waals surface area contributed by atoms with E-state index in [4.69, 9.17) is 12.2 Å². The Balaban J connectivity index is 2.19. The van der Waals surface area contributed by atoms with E-state index in [-0.39, 0.29) is 0 Å². The van der Waals surface area contributed by atoms with Crippen LogP contribution >= 0.6 is 12.2 Å². The topological polar surface area (TPSA) is 24.1 Å². The summed E-state index contributed by atoms with van der Waals surface area (Å²) in [5.41, 5.74) is 0.332. The minimum absolute atomic E-state index is 0.332. The zero-order valence-electron chi connectivity index (χ0n) is 10.9. The van der Waals surface area contributed by atoms with Crippen molar-refractivity contribution in [2.75, 3.05) is 6.54 Å². The van der Waals surface area contributed by atoms with Crippen molar-refractivity contribution in [1.29, 1.82) is 0 Å². The summed E-state index contributed by atoms with van der Waals surface area (Å²) < 4.78 is 0. The Kier molecular flexibility index (Phi) is 5.53. The molecular formula is C13H26N2S. The molecule has 3 heteroatoms. The fourth-order valence-corrected chi connectivity index (χ4v) is 2.17. The Morgan fingerprint density at radius 1 is 1.25 bits per heavy atom. The zero-order valence-corrected chi connectivity index (χ0v) is 11.8. The van der Waals surface area contributed by atoms with Gasteiger partial charge in [0.2, 0.25) is 0 Å². The highest BCUT2D eigenvalue weighted by Crippen LogP contribution is 2.18. The molecule has 0 amide bonds. The summed E-state index contributed by atoms with van der Waals surface area (Å²) in [5.74, 6) is 0. The predicted octanol–water partition coefficient (Wildman–Crippen LogP) is 3.22. The van der Waals surface area contributed by atoms with Gasteiger partial charge in [-0.15, -0.1) is 0 Å². The molecule has 1 aliphatic rings. The molecule has 1 fully saturated rings. The van der Waals surface area contributed by atoms with Gasteiger partial charge < -0.3 is 10.6 Å². The maximum Gasteiger partial charge on any atom is 0.166 e. The summed E-state index contributed by atoms with van der Waals surface area (Å²) >= 11 is 5.33. The molecule has 0 spiro atoms.